The van der Waals surface area contributed by atoms with Crippen LogP contribution >= 0.6 is 0 Å². The van der Waals surface area contributed by atoms with Gasteiger partial charge < -0.3 is 68.8 Å². The maximum Gasteiger partial charge on any atom is 0.185 e. The molecule has 0 heterocycles. The lowest BCUT2D eigenvalue weighted by Gasteiger charge is -2.24. The van der Waals surface area contributed by atoms with E-state index in [1.165, 1.54) is 0 Å². The number of rotatable bonds is 42. The molecule has 0 radical (unpaired) electrons. The highest BCUT2D eigenvalue weighted by molar-refractivity contribution is 5.96. The van der Waals surface area contributed by atoms with Crippen molar-refractivity contribution in [1.82, 2.24) is 0 Å². The molecule has 0 aromatic carbocycles. The molecule has 0 fully saturated rings. The molecule has 6 atom stereocenters. The molecule has 0 rings (SSSR count). The highest BCUT2D eigenvalue weighted by Gasteiger charge is 2.34. The first-order valence-electron chi connectivity index (χ1n) is 24.5. The molecule has 0 amide bonds. The van der Waals surface area contributed by atoms with E-state index in [4.69, 9.17) is 68.8 Å². The van der Waals surface area contributed by atoms with Crippen molar-refractivity contribution < 1.29 is 28.8 Å². The quantitative estimate of drug-likeness (QED) is 0.0207. The predicted molar refractivity (Wildman–Crippen MR) is 279 cm³/mol. The third kappa shape index (κ3) is 30.9. The molecule has 24 nitrogen and oxygen atoms in total. The molecule has 24 heteroatoms. The average Bonchev–Trinajstić information content (AvgIpc) is 3.27. The zero-order chi connectivity index (χ0) is 53.2. The van der Waals surface area contributed by atoms with Crippen LogP contribution in [0.3, 0.4) is 0 Å². The SMILES string of the molecule is CCC(CCCN=C(N)N)C(=O)CC(CCCN=C(N)N)C(=O)CC(CCCN=C(N)N)C(=O)CC(CCCN=C(N)N)C(=O)CC(CCCN=C(N)N)C(=O)CC(CCCN=C(N)N)C(=O)C(C)C. The summed E-state index contributed by atoms with van der Waals surface area (Å²) in [5.41, 5.74) is 66.4. The largest absolute Gasteiger partial charge is 0.370 e. The van der Waals surface area contributed by atoms with Gasteiger partial charge in [0.1, 0.15) is 34.7 Å². The number of nitrogens with zero attached hydrogens (tertiary/aromatic N) is 6. The van der Waals surface area contributed by atoms with Crippen molar-refractivity contribution in [2.24, 2.45) is 140 Å². The number of carbonyl (C=O) groups excluding carboxylic acids is 6. The molecule has 0 spiro atoms. The van der Waals surface area contributed by atoms with Crippen LogP contribution in [0.25, 0.3) is 0 Å². The Balaban J connectivity index is 6.97. The Morgan fingerprint density at radius 1 is 0.314 bits per heavy atom. The Hall–Kier alpha value is -6.36. The number of Topliss-reactive ketones (excluding diaryl/α,β-unsaturated/α-hetero) is 6. The minimum Gasteiger partial charge on any atom is -0.370 e. The van der Waals surface area contributed by atoms with Crippen LogP contribution in [0.15, 0.2) is 30.0 Å². The molecule has 0 aliphatic heterocycles. The zero-order valence-corrected chi connectivity index (χ0v) is 42.1. The van der Waals surface area contributed by atoms with Crippen molar-refractivity contribution in [3.63, 3.8) is 0 Å². The van der Waals surface area contributed by atoms with E-state index < -0.39 is 29.6 Å². The fourth-order valence-corrected chi connectivity index (χ4v) is 8.24. The maximum atomic E-state index is 14.6. The minimum absolute atomic E-state index is 0.0430. The van der Waals surface area contributed by atoms with E-state index in [0.29, 0.717) is 64.3 Å². The minimum atomic E-state index is -0.890. The van der Waals surface area contributed by atoms with Gasteiger partial charge in [0.2, 0.25) is 0 Å². The Bertz CT molecular complexity index is 1810. The number of nitrogens with two attached hydrogens (primary N) is 12. The first kappa shape index (κ1) is 63.6. The molecular weight excluding hydrogens is 901 g/mol. The number of aliphatic imine (C=N–C) groups is 6. The van der Waals surface area contributed by atoms with Crippen LogP contribution in [-0.4, -0.2) is 110 Å². The Labute approximate surface area is 414 Å². The molecule has 0 aliphatic rings. The van der Waals surface area contributed by atoms with Gasteiger partial charge in [0.25, 0.3) is 0 Å². The second kappa shape index (κ2) is 36.6. The summed E-state index contributed by atoms with van der Waals surface area (Å²) in [5.74, 6) is -6.79. The van der Waals surface area contributed by atoms with Gasteiger partial charge in [0, 0.05) is 113 Å². The fraction of sp³-hybridized carbons (Fsp3) is 0.739. The van der Waals surface area contributed by atoms with Gasteiger partial charge in [-0.3, -0.25) is 58.7 Å². The first-order valence-corrected chi connectivity index (χ1v) is 24.5. The topological polar surface area (TPSA) is 489 Å². The van der Waals surface area contributed by atoms with Crippen LogP contribution in [0, 0.1) is 41.4 Å². The molecule has 0 saturated carbocycles. The predicted octanol–water partition coefficient (Wildman–Crippen LogP) is -0.564. The van der Waals surface area contributed by atoms with Crippen LogP contribution < -0.4 is 68.8 Å². The van der Waals surface area contributed by atoms with E-state index in [2.05, 4.69) is 30.0 Å². The van der Waals surface area contributed by atoms with Gasteiger partial charge in [-0.1, -0.05) is 20.8 Å². The van der Waals surface area contributed by atoms with Crippen molar-refractivity contribution in [2.45, 2.75) is 136 Å². The lowest BCUT2D eigenvalue weighted by atomic mass is 9.78. The first-order chi connectivity index (χ1) is 33.0. The molecule has 24 N–H and O–H groups in total. The van der Waals surface area contributed by atoms with Gasteiger partial charge in [-0.2, -0.15) is 0 Å². The normalized spacial score (nSPS) is 13.5. The van der Waals surface area contributed by atoms with Crippen LogP contribution in [0.1, 0.15) is 136 Å². The van der Waals surface area contributed by atoms with Crippen LogP contribution in [-0.2, 0) is 28.8 Å². The molecule has 0 aliphatic carbocycles. The second-order valence-electron chi connectivity index (χ2n) is 18.2. The molecule has 398 valence electrons. The van der Waals surface area contributed by atoms with Crippen molar-refractivity contribution in [1.29, 1.82) is 0 Å². The Morgan fingerprint density at radius 2 is 0.500 bits per heavy atom. The van der Waals surface area contributed by atoms with E-state index in [1.807, 2.05) is 6.92 Å². The third-order valence-electron chi connectivity index (χ3n) is 12.0. The smallest absolute Gasteiger partial charge is 0.185 e. The number of guanidine groups is 6. The van der Waals surface area contributed by atoms with Crippen molar-refractivity contribution >= 4 is 70.5 Å². The van der Waals surface area contributed by atoms with Crippen LogP contribution in [0.4, 0.5) is 0 Å². The van der Waals surface area contributed by atoms with Crippen molar-refractivity contribution in [3.8, 4) is 0 Å². The molecule has 0 saturated heterocycles. The average molecular weight is 989 g/mol. The Morgan fingerprint density at radius 3 is 0.700 bits per heavy atom. The van der Waals surface area contributed by atoms with Gasteiger partial charge in [-0.25, -0.2) is 0 Å². The molecule has 0 bridgehead atoms. The lowest BCUT2D eigenvalue weighted by molar-refractivity contribution is -0.136. The Kier molecular flexibility index (Phi) is 33.3. The standard InChI is InChI=1S/C46H88N18O6/c1-4-29(11-5-17-59-41(47)48)35(65)23-30(12-6-18-60-42(49)50)36(66)24-31(13-7-19-61-43(51)52)37(67)25-32(14-8-20-62-44(53)54)38(68)26-33(15-9-21-63-45(55)56)39(69)27-34(40(70)28(2)3)16-10-22-64-46(57)58/h28-34H,4-27H2,1-3H3,(H4,47,48,59)(H4,49,50,60)(H4,51,52,61)(H4,53,54,62)(H4,55,56,63)(H4,57,58,64). The van der Waals surface area contributed by atoms with Gasteiger partial charge in [0.15, 0.2) is 35.8 Å². The van der Waals surface area contributed by atoms with Gasteiger partial charge in [-0.15, -0.1) is 0 Å². The van der Waals surface area contributed by atoms with E-state index in [-0.39, 0.29) is 173 Å². The number of hydrogen-bond donors (Lipinski definition) is 12. The zero-order valence-electron chi connectivity index (χ0n) is 42.1. The second-order valence-corrected chi connectivity index (χ2v) is 18.2. The fourth-order valence-electron chi connectivity index (χ4n) is 8.24. The molecule has 0 aromatic rings. The summed E-state index contributed by atoms with van der Waals surface area (Å²) in [6.45, 7) is 6.82. The van der Waals surface area contributed by atoms with Gasteiger partial charge in [0.05, 0.1) is 0 Å². The van der Waals surface area contributed by atoms with E-state index in [1.54, 1.807) is 13.8 Å². The highest BCUT2D eigenvalue weighted by atomic mass is 16.2. The molecule has 0 aromatic heterocycles. The lowest BCUT2D eigenvalue weighted by Crippen LogP contribution is -2.31. The third-order valence-corrected chi connectivity index (χ3v) is 12.0. The summed E-state index contributed by atoms with van der Waals surface area (Å²) in [5, 5.41) is 0. The highest BCUT2D eigenvalue weighted by Crippen LogP contribution is 2.30. The van der Waals surface area contributed by atoms with Crippen molar-refractivity contribution in [2.75, 3.05) is 39.3 Å². The molecular formula is C46H88N18O6. The summed E-state index contributed by atoms with van der Waals surface area (Å²) >= 11 is 0. The van der Waals surface area contributed by atoms with Gasteiger partial charge in [-0.05, 0) is 83.5 Å². The summed E-state index contributed by atoms with van der Waals surface area (Å²) in [6, 6.07) is 0. The summed E-state index contributed by atoms with van der Waals surface area (Å²) < 4.78 is 0. The summed E-state index contributed by atoms with van der Waals surface area (Å²) in [6.07, 6.45) is 3.89. The number of hydrogen-bond acceptors (Lipinski definition) is 12. The van der Waals surface area contributed by atoms with Crippen LogP contribution in [0.2, 0.25) is 0 Å². The molecule has 70 heavy (non-hydrogen) atoms. The summed E-state index contributed by atoms with van der Waals surface area (Å²) in [7, 11) is 0. The van der Waals surface area contributed by atoms with Gasteiger partial charge >= 0.3 is 0 Å². The summed E-state index contributed by atoms with van der Waals surface area (Å²) in [4.78, 5) is 109. The number of ketones is 6. The number of carbonyl (C=O) groups is 6. The van der Waals surface area contributed by atoms with E-state index in [9.17, 15) is 28.8 Å². The maximum absolute atomic E-state index is 14.6. The monoisotopic (exact) mass is 989 g/mol. The van der Waals surface area contributed by atoms with E-state index in [0.717, 1.165) is 0 Å². The van der Waals surface area contributed by atoms with Crippen LogP contribution in [0.5, 0.6) is 0 Å². The van der Waals surface area contributed by atoms with Crippen molar-refractivity contribution in [3.05, 3.63) is 0 Å². The molecule has 6 unspecified atom stereocenters. The van der Waals surface area contributed by atoms with E-state index >= 15 is 0 Å².